The van der Waals surface area contributed by atoms with E-state index in [1.165, 1.54) is 0 Å². The van der Waals surface area contributed by atoms with Crippen molar-refractivity contribution in [2.75, 3.05) is 19.8 Å². The van der Waals surface area contributed by atoms with Crippen molar-refractivity contribution in [1.29, 1.82) is 0 Å². The fourth-order valence-electron chi connectivity index (χ4n) is 3.03. The number of ether oxygens (including phenoxy) is 3. The Morgan fingerprint density at radius 1 is 1.25 bits per heavy atom. The van der Waals surface area contributed by atoms with Crippen LogP contribution in [0.1, 0.15) is 45.8 Å². The molecule has 10 heteroatoms. The van der Waals surface area contributed by atoms with Gasteiger partial charge in [-0.3, -0.25) is 14.3 Å². The zero-order valence-electron chi connectivity index (χ0n) is 16.0. The van der Waals surface area contributed by atoms with Gasteiger partial charge in [-0.05, 0) is 12.8 Å². The maximum absolute atomic E-state index is 15.2. The number of hydrogen-bond acceptors (Lipinski definition) is 5. The molecular formula is C18H27F3N2O5. The third kappa shape index (κ3) is 4.84. The van der Waals surface area contributed by atoms with E-state index in [-0.39, 0.29) is 13.2 Å². The van der Waals surface area contributed by atoms with Gasteiger partial charge in [0, 0.05) is 25.5 Å². The summed E-state index contributed by atoms with van der Waals surface area (Å²) in [6.07, 6.45) is -4.68. The molecule has 1 aliphatic rings. The first-order valence-electron chi connectivity index (χ1n) is 9.48. The van der Waals surface area contributed by atoms with Crippen LogP contribution >= 0.6 is 0 Å². The molecule has 1 aliphatic heterocycles. The highest BCUT2D eigenvalue weighted by Gasteiger charge is 2.62. The second-order valence-electron chi connectivity index (χ2n) is 6.78. The van der Waals surface area contributed by atoms with Gasteiger partial charge in [0.15, 0.2) is 18.0 Å². The Balaban J connectivity index is 2.35. The summed E-state index contributed by atoms with van der Waals surface area (Å²) in [5, 5.41) is 0. The van der Waals surface area contributed by atoms with Crippen LogP contribution in [0.5, 0.6) is 0 Å². The highest BCUT2D eigenvalue weighted by molar-refractivity contribution is 5.05. The molecule has 0 aliphatic carbocycles. The monoisotopic (exact) mass is 408 g/mol. The van der Waals surface area contributed by atoms with Crippen molar-refractivity contribution >= 4 is 0 Å². The first-order valence-corrected chi connectivity index (χ1v) is 9.48. The van der Waals surface area contributed by atoms with Crippen LogP contribution in [0.15, 0.2) is 21.9 Å². The lowest BCUT2D eigenvalue weighted by atomic mass is 9.96. The Labute approximate surface area is 160 Å². The molecule has 0 radical (unpaired) electrons. The highest BCUT2D eigenvalue weighted by Crippen LogP contribution is 2.44. The van der Waals surface area contributed by atoms with Gasteiger partial charge in [-0.15, -0.1) is 0 Å². The molecule has 28 heavy (non-hydrogen) atoms. The molecular weight excluding hydrogens is 381 g/mol. The summed E-state index contributed by atoms with van der Waals surface area (Å²) in [5.41, 5.74) is -4.00. The van der Waals surface area contributed by atoms with Gasteiger partial charge in [0.2, 0.25) is 0 Å². The van der Waals surface area contributed by atoms with Crippen LogP contribution in [0, 0.1) is 0 Å². The molecule has 1 saturated heterocycles. The molecule has 1 fully saturated rings. The summed E-state index contributed by atoms with van der Waals surface area (Å²) in [7, 11) is 0. The van der Waals surface area contributed by atoms with E-state index in [9.17, 15) is 18.4 Å². The van der Waals surface area contributed by atoms with Gasteiger partial charge in [-0.25, -0.2) is 18.0 Å². The average molecular weight is 408 g/mol. The van der Waals surface area contributed by atoms with Crippen LogP contribution in [-0.4, -0.2) is 53.7 Å². The number of H-pyrrole nitrogens is 1. The third-order valence-corrected chi connectivity index (χ3v) is 4.64. The van der Waals surface area contributed by atoms with Crippen LogP contribution in [0.4, 0.5) is 13.2 Å². The molecule has 1 N–H and O–H groups in total. The molecule has 0 spiro atoms. The number of rotatable bonds is 11. The van der Waals surface area contributed by atoms with Gasteiger partial charge in [0.1, 0.15) is 6.10 Å². The van der Waals surface area contributed by atoms with E-state index in [2.05, 4.69) is 0 Å². The molecule has 0 unspecified atom stereocenters. The first-order chi connectivity index (χ1) is 13.4. The summed E-state index contributed by atoms with van der Waals surface area (Å²) in [6, 6.07) is 0.991. The van der Waals surface area contributed by atoms with Gasteiger partial charge in [0.05, 0.1) is 6.61 Å². The van der Waals surface area contributed by atoms with Crippen LogP contribution in [0.3, 0.4) is 0 Å². The predicted octanol–water partition coefficient (Wildman–Crippen LogP) is 2.41. The predicted molar refractivity (Wildman–Crippen MR) is 95.5 cm³/mol. The van der Waals surface area contributed by atoms with Gasteiger partial charge < -0.3 is 14.2 Å². The van der Waals surface area contributed by atoms with E-state index in [0.29, 0.717) is 12.8 Å². The number of alkyl halides is 3. The summed E-state index contributed by atoms with van der Waals surface area (Å²) >= 11 is 0. The van der Waals surface area contributed by atoms with Crippen LogP contribution in [0.25, 0.3) is 0 Å². The Bertz CT molecular complexity index is 726. The Kier molecular flexibility index (Phi) is 8.26. The minimum atomic E-state index is -3.11. The molecule has 0 aromatic carbocycles. The van der Waals surface area contributed by atoms with Gasteiger partial charge in [-0.1, -0.05) is 26.7 Å². The van der Waals surface area contributed by atoms with Gasteiger partial charge >= 0.3 is 5.69 Å². The molecule has 0 saturated carbocycles. The van der Waals surface area contributed by atoms with E-state index >= 15 is 4.39 Å². The molecule has 2 heterocycles. The van der Waals surface area contributed by atoms with Crippen molar-refractivity contribution < 1.29 is 27.4 Å². The Morgan fingerprint density at radius 2 is 1.93 bits per heavy atom. The minimum absolute atomic E-state index is 0.0710. The molecule has 0 amide bonds. The molecule has 7 nitrogen and oxygen atoms in total. The fraction of sp³-hybridized carbons (Fsp3) is 0.778. The number of hydrogen-bond donors (Lipinski definition) is 1. The molecule has 0 bridgehead atoms. The van der Waals surface area contributed by atoms with E-state index < -0.39 is 48.4 Å². The number of aromatic amines is 1. The normalized spacial score (nSPS) is 27.6. The number of halogens is 3. The molecule has 1 aromatic heterocycles. The zero-order valence-corrected chi connectivity index (χ0v) is 16.0. The largest absolute Gasteiger partial charge is 0.378 e. The van der Waals surface area contributed by atoms with Crippen molar-refractivity contribution in [3.63, 3.8) is 0 Å². The van der Waals surface area contributed by atoms with E-state index in [1.807, 2.05) is 18.8 Å². The van der Waals surface area contributed by atoms with E-state index in [4.69, 9.17) is 14.2 Å². The van der Waals surface area contributed by atoms with Crippen molar-refractivity contribution in [3.05, 3.63) is 33.1 Å². The summed E-state index contributed by atoms with van der Waals surface area (Å²) in [6.45, 7) is 3.53. The van der Waals surface area contributed by atoms with E-state index in [0.717, 1.165) is 29.7 Å². The lowest BCUT2D eigenvalue weighted by molar-refractivity contribution is -0.212. The Morgan fingerprint density at radius 3 is 2.54 bits per heavy atom. The van der Waals surface area contributed by atoms with Crippen molar-refractivity contribution in [2.24, 2.45) is 0 Å². The second-order valence-corrected chi connectivity index (χ2v) is 6.78. The quantitative estimate of drug-likeness (QED) is 0.569. The van der Waals surface area contributed by atoms with Crippen molar-refractivity contribution in [2.45, 2.75) is 70.1 Å². The number of unbranched alkanes of at least 4 members (excludes halogenated alkanes) is 2. The fourth-order valence-corrected chi connectivity index (χ4v) is 3.03. The summed E-state index contributed by atoms with van der Waals surface area (Å²) in [5.74, 6) is 0. The topological polar surface area (TPSA) is 82.5 Å². The van der Waals surface area contributed by atoms with E-state index in [1.54, 1.807) is 0 Å². The highest BCUT2D eigenvalue weighted by atomic mass is 19.3. The Hall–Kier alpha value is -1.65. The zero-order chi connectivity index (χ0) is 20.7. The minimum Gasteiger partial charge on any atom is -0.378 e. The molecule has 1 aromatic rings. The molecule has 160 valence electrons. The molecule has 4 atom stereocenters. The van der Waals surface area contributed by atoms with Gasteiger partial charge in [0.25, 0.3) is 12.0 Å². The molecule has 2 rings (SSSR count). The lowest BCUT2D eigenvalue weighted by Crippen LogP contribution is -2.53. The first kappa shape index (κ1) is 22.6. The van der Waals surface area contributed by atoms with Crippen LogP contribution in [0.2, 0.25) is 0 Å². The summed E-state index contributed by atoms with van der Waals surface area (Å²) < 4.78 is 60.3. The van der Waals surface area contributed by atoms with Crippen LogP contribution in [-0.2, 0) is 14.2 Å². The standard InChI is InChI=1S/C18H27F3N2O5/c1-3-5-9-26-11-18(16(20)21)14(27-10-6-4-2)13(19)15(28-18)23-8-7-12(24)22-17(23)25/h7-8,13-16H,3-6,9-11H2,1-2H3,(H,22,24,25)/t13-,14+,15-,18-/m1/s1. The number of aromatic nitrogens is 2. The third-order valence-electron chi connectivity index (χ3n) is 4.64. The lowest BCUT2D eigenvalue weighted by Gasteiger charge is -2.33. The van der Waals surface area contributed by atoms with Gasteiger partial charge in [-0.2, -0.15) is 0 Å². The average Bonchev–Trinajstić information content (AvgIpc) is 2.93. The SMILES string of the molecule is CCCCOC[C@@]1(C(F)F)O[C@@H](n2ccc(=O)[nH]c2=O)[C@H](F)[C@@H]1OCCCC. The number of nitrogens with one attached hydrogen (secondary N) is 1. The smallest absolute Gasteiger partial charge is 0.330 e. The van der Waals surface area contributed by atoms with Crippen molar-refractivity contribution in [3.8, 4) is 0 Å². The summed E-state index contributed by atoms with van der Waals surface area (Å²) in [4.78, 5) is 25.2. The number of nitrogens with zero attached hydrogens (tertiary/aromatic N) is 1. The second kappa shape index (κ2) is 10.2. The maximum atomic E-state index is 15.2. The van der Waals surface area contributed by atoms with Crippen molar-refractivity contribution in [1.82, 2.24) is 9.55 Å². The maximum Gasteiger partial charge on any atom is 0.330 e. The van der Waals surface area contributed by atoms with Crippen LogP contribution < -0.4 is 11.2 Å².